The summed E-state index contributed by atoms with van der Waals surface area (Å²) >= 11 is 0. The molecule has 0 saturated carbocycles. The molecule has 0 aromatic carbocycles. The molecule has 0 N–H and O–H groups in total. The van der Waals surface area contributed by atoms with Gasteiger partial charge in [0.25, 0.3) is 0 Å². The highest BCUT2D eigenvalue weighted by atomic mass is 16.1. The summed E-state index contributed by atoms with van der Waals surface area (Å²) in [4.78, 5) is 11.4. The van der Waals surface area contributed by atoms with E-state index in [0.717, 1.165) is 19.3 Å². The van der Waals surface area contributed by atoms with Crippen molar-refractivity contribution in [3.63, 3.8) is 0 Å². The Labute approximate surface area is 81.2 Å². The summed E-state index contributed by atoms with van der Waals surface area (Å²) in [6, 6.07) is 0. The number of hydrogen-bond donors (Lipinski definition) is 0. The maximum Gasteiger partial charge on any atom is 0.155 e. The highest BCUT2D eigenvalue weighted by Crippen LogP contribution is 2.30. The van der Waals surface area contributed by atoms with Crippen molar-refractivity contribution in [2.45, 2.75) is 52.9 Å². The molecule has 0 heterocycles. The fraction of sp³-hybridized carbons (Fsp3) is 0.750. The van der Waals surface area contributed by atoms with Crippen molar-refractivity contribution >= 4 is 5.78 Å². The van der Waals surface area contributed by atoms with Gasteiger partial charge in [0.05, 0.1) is 0 Å². The molecule has 0 fully saturated rings. The SMILES string of the molecule is CC(C)(C)/C1=C/C(=O)CCCCC1. The van der Waals surface area contributed by atoms with Gasteiger partial charge in [-0.25, -0.2) is 0 Å². The number of rotatable bonds is 0. The minimum atomic E-state index is 0.174. The van der Waals surface area contributed by atoms with E-state index in [2.05, 4.69) is 20.8 Å². The Morgan fingerprint density at radius 3 is 2.31 bits per heavy atom. The fourth-order valence-electron chi connectivity index (χ4n) is 1.72. The van der Waals surface area contributed by atoms with Gasteiger partial charge >= 0.3 is 0 Å². The standard InChI is InChI=1S/C12H20O/c1-12(2,3)10-7-5-4-6-8-11(13)9-10/h9H,4-8H2,1-3H3/b10-9+. The van der Waals surface area contributed by atoms with Crippen molar-refractivity contribution in [2.75, 3.05) is 0 Å². The lowest BCUT2D eigenvalue weighted by molar-refractivity contribution is -0.114. The van der Waals surface area contributed by atoms with Crippen molar-refractivity contribution in [3.05, 3.63) is 11.6 Å². The molecule has 0 aromatic rings. The molecule has 1 heteroatoms. The normalized spacial score (nSPS) is 24.5. The van der Waals surface area contributed by atoms with E-state index in [4.69, 9.17) is 0 Å². The molecule has 1 aliphatic carbocycles. The third-order valence-corrected chi connectivity index (χ3v) is 2.67. The summed E-state index contributed by atoms with van der Waals surface area (Å²) in [6.07, 6.45) is 7.27. The molecule has 0 unspecified atom stereocenters. The largest absolute Gasteiger partial charge is 0.295 e. The Bertz CT molecular complexity index is 218. The molecule has 0 radical (unpaired) electrons. The molecule has 0 bridgehead atoms. The van der Waals surface area contributed by atoms with Crippen LogP contribution in [0.4, 0.5) is 0 Å². The van der Waals surface area contributed by atoms with E-state index in [-0.39, 0.29) is 5.41 Å². The number of ketones is 1. The smallest absolute Gasteiger partial charge is 0.155 e. The predicted octanol–water partition coefficient (Wildman–Crippen LogP) is 3.49. The van der Waals surface area contributed by atoms with Gasteiger partial charge in [-0.1, -0.05) is 32.8 Å². The Morgan fingerprint density at radius 1 is 1.08 bits per heavy atom. The van der Waals surface area contributed by atoms with Gasteiger partial charge < -0.3 is 0 Å². The maximum atomic E-state index is 11.4. The van der Waals surface area contributed by atoms with E-state index in [1.54, 1.807) is 0 Å². The van der Waals surface area contributed by atoms with Crippen LogP contribution in [0.2, 0.25) is 0 Å². The molecule has 74 valence electrons. The molecule has 0 saturated heterocycles. The zero-order chi connectivity index (χ0) is 9.90. The van der Waals surface area contributed by atoms with Gasteiger partial charge in [-0.15, -0.1) is 0 Å². The van der Waals surface area contributed by atoms with Crippen molar-refractivity contribution < 1.29 is 4.79 Å². The van der Waals surface area contributed by atoms with E-state index in [1.807, 2.05) is 6.08 Å². The van der Waals surface area contributed by atoms with E-state index < -0.39 is 0 Å². The van der Waals surface area contributed by atoms with E-state index in [1.165, 1.54) is 18.4 Å². The summed E-state index contributed by atoms with van der Waals surface area (Å²) in [7, 11) is 0. The van der Waals surface area contributed by atoms with Crippen LogP contribution in [0.3, 0.4) is 0 Å². The van der Waals surface area contributed by atoms with Gasteiger partial charge in [-0.05, 0) is 30.8 Å². The predicted molar refractivity (Wildman–Crippen MR) is 55.6 cm³/mol. The van der Waals surface area contributed by atoms with Gasteiger partial charge in [-0.2, -0.15) is 0 Å². The van der Waals surface area contributed by atoms with Crippen LogP contribution in [0.15, 0.2) is 11.6 Å². The molecule has 1 rings (SSSR count). The minimum Gasteiger partial charge on any atom is -0.295 e. The molecule has 1 aliphatic rings. The van der Waals surface area contributed by atoms with Gasteiger partial charge in [-0.3, -0.25) is 4.79 Å². The summed E-state index contributed by atoms with van der Waals surface area (Å²) in [5.74, 6) is 0.324. The van der Waals surface area contributed by atoms with Crippen molar-refractivity contribution in [1.29, 1.82) is 0 Å². The van der Waals surface area contributed by atoms with Crippen LogP contribution in [0.25, 0.3) is 0 Å². The van der Waals surface area contributed by atoms with Crippen molar-refractivity contribution in [3.8, 4) is 0 Å². The molecular weight excluding hydrogens is 160 g/mol. The number of carbonyl (C=O) groups is 1. The van der Waals surface area contributed by atoms with Crippen LogP contribution in [0.1, 0.15) is 52.9 Å². The second-order valence-electron chi connectivity index (χ2n) is 4.95. The quantitative estimate of drug-likeness (QED) is 0.557. The highest BCUT2D eigenvalue weighted by Gasteiger charge is 2.18. The lowest BCUT2D eigenvalue weighted by atomic mass is 9.81. The average molecular weight is 180 g/mol. The molecule has 0 aromatic heterocycles. The van der Waals surface area contributed by atoms with Gasteiger partial charge in [0.2, 0.25) is 0 Å². The molecule has 1 nitrogen and oxygen atoms in total. The fourth-order valence-corrected chi connectivity index (χ4v) is 1.72. The van der Waals surface area contributed by atoms with E-state index >= 15 is 0 Å². The zero-order valence-corrected chi connectivity index (χ0v) is 9.02. The Kier molecular flexibility index (Phi) is 3.29. The lowest BCUT2D eigenvalue weighted by Gasteiger charge is -2.24. The second-order valence-corrected chi connectivity index (χ2v) is 4.95. The third kappa shape index (κ3) is 3.33. The molecule has 0 aliphatic heterocycles. The molecule has 13 heavy (non-hydrogen) atoms. The topological polar surface area (TPSA) is 17.1 Å². The first-order valence-electron chi connectivity index (χ1n) is 5.24. The number of allylic oxidation sites excluding steroid dienone is 2. The first-order valence-corrected chi connectivity index (χ1v) is 5.24. The first kappa shape index (κ1) is 10.5. The van der Waals surface area contributed by atoms with Gasteiger partial charge in [0.1, 0.15) is 0 Å². The highest BCUT2D eigenvalue weighted by molar-refractivity contribution is 5.90. The maximum absolute atomic E-state index is 11.4. The lowest BCUT2D eigenvalue weighted by Crippen LogP contribution is -2.13. The van der Waals surface area contributed by atoms with Crippen LogP contribution >= 0.6 is 0 Å². The first-order chi connectivity index (χ1) is 6.00. The summed E-state index contributed by atoms with van der Waals surface area (Å²) in [5, 5.41) is 0. The summed E-state index contributed by atoms with van der Waals surface area (Å²) < 4.78 is 0. The van der Waals surface area contributed by atoms with Crippen LogP contribution in [-0.4, -0.2) is 5.78 Å². The van der Waals surface area contributed by atoms with Crippen molar-refractivity contribution in [2.24, 2.45) is 5.41 Å². The van der Waals surface area contributed by atoms with Crippen molar-refractivity contribution in [1.82, 2.24) is 0 Å². The molecule has 0 amide bonds. The number of carbonyl (C=O) groups excluding carboxylic acids is 1. The molecule has 0 atom stereocenters. The monoisotopic (exact) mass is 180 g/mol. The van der Waals surface area contributed by atoms with E-state index in [9.17, 15) is 4.79 Å². The minimum absolute atomic E-state index is 0.174. The van der Waals surface area contributed by atoms with Gasteiger partial charge in [0.15, 0.2) is 5.78 Å². The Balaban J connectivity index is 2.78. The third-order valence-electron chi connectivity index (χ3n) is 2.67. The van der Waals surface area contributed by atoms with Crippen LogP contribution < -0.4 is 0 Å². The number of hydrogen-bond acceptors (Lipinski definition) is 1. The Hall–Kier alpha value is -0.590. The molecule has 0 spiro atoms. The average Bonchev–Trinajstić information content (AvgIpc) is 1.94. The van der Waals surface area contributed by atoms with E-state index in [0.29, 0.717) is 5.78 Å². The summed E-state index contributed by atoms with van der Waals surface area (Å²) in [5.41, 5.74) is 1.50. The van der Waals surface area contributed by atoms with Gasteiger partial charge in [0, 0.05) is 6.42 Å². The second kappa shape index (κ2) is 4.08. The van der Waals surface area contributed by atoms with Crippen LogP contribution in [0.5, 0.6) is 0 Å². The zero-order valence-electron chi connectivity index (χ0n) is 9.02. The van der Waals surface area contributed by atoms with Crippen LogP contribution in [0, 0.1) is 5.41 Å². The Morgan fingerprint density at radius 2 is 1.69 bits per heavy atom. The van der Waals surface area contributed by atoms with Crippen LogP contribution in [-0.2, 0) is 4.79 Å². The molecular formula is C12H20O. The summed E-state index contributed by atoms with van der Waals surface area (Å²) in [6.45, 7) is 6.56.